The topological polar surface area (TPSA) is 84.9 Å². The van der Waals surface area contributed by atoms with Crippen LogP contribution >= 0.6 is 0 Å². The number of carbonyl (C=O) groups excluding carboxylic acids is 1. The molecule has 2 rings (SSSR count). The third-order valence-electron chi connectivity index (χ3n) is 3.83. The fraction of sp³-hybridized carbons (Fsp3) is 0.316. The highest BCUT2D eigenvalue weighted by Crippen LogP contribution is 2.22. The van der Waals surface area contributed by atoms with Gasteiger partial charge < -0.3 is 14.8 Å². The number of anilines is 1. The van der Waals surface area contributed by atoms with Gasteiger partial charge in [0.15, 0.2) is 0 Å². The van der Waals surface area contributed by atoms with Crippen molar-refractivity contribution in [3.05, 3.63) is 54.1 Å². The van der Waals surface area contributed by atoms with Crippen molar-refractivity contribution < 1.29 is 31.5 Å². The fourth-order valence-corrected chi connectivity index (χ4v) is 3.31. The summed E-state index contributed by atoms with van der Waals surface area (Å²) in [5.41, 5.74) is -0.411. The van der Waals surface area contributed by atoms with Gasteiger partial charge in [-0.3, -0.25) is 9.10 Å². The molecule has 0 radical (unpaired) electrons. The molecular weight excluding hydrogens is 406 g/mol. The number of halogens is 2. The predicted octanol–water partition coefficient (Wildman–Crippen LogP) is 2.32. The average molecular weight is 428 g/mol. The minimum atomic E-state index is -3.98. The number of benzene rings is 2. The Morgan fingerprint density at radius 2 is 1.76 bits per heavy atom. The Balaban J connectivity index is 1.98. The Hall–Kier alpha value is -2.88. The number of amides is 1. The van der Waals surface area contributed by atoms with Gasteiger partial charge in [0, 0.05) is 6.07 Å². The van der Waals surface area contributed by atoms with Gasteiger partial charge in [0.25, 0.3) is 0 Å². The first-order valence-corrected chi connectivity index (χ1v) is 10.4. The molecule has 0 spiro atoms. The van der Waals surface area contributed by atoms with Crippen molar-refractivity contribution in [3.63, 3.8) is 0 Å². The molecule has 0 aliphatic carbocycles. The van der Waals surface area contributed by atoms with Crippen molar-refractivity contribution in [2.45, 2.75) is 13.0 Å². The zero-order valence-corrected chi connectivity index (χ0v) is 17.0. The van der Waals surface area contributed by atoms with Crippen molar-refractivity contribution in [1.29, 1.82) is 0 Å². The molecule has 158 valence electrons. The molecule has 0 aliphatic rings. The number of rotatable bonds is 9. The Labute approximate surface area is 168 Å². The van der Waals surface area contributed by atoms with E-state index in [0.717, 1.165) is 18.4 Å². The second-order valence-electron chi connectivity index (χ2n) is 6.32. The number of hydrogen-bond acceptors (Lipinski definition) is 5. The summed E-state index contributed by atoms with van der Waals surface area (Å²) in [6.07, 6.45) is 0.833. The Kier molecular flexibility index (Phi) is 7.38. The van der Waals surface area contributed by atoms with E-state index >= 15 is 0 Å². The van der Waals surface area contributed by atoms with Crippen LogP contribution in [0.2, 0.25) is 0 Å². The average Bonchev–Trinajstić information content (AvgIpc) is 2.64. The van der Waals surface area contributed by atoms with E-state index in [0.29, 0.717) is 21.9 Å². The van der Waals surface area contributed by atoms with Crippen LogP contribution < -0.4 is 19.1 Å². The standard InChI is InChI=1S/C19H22F2N2O5S/c1-13(12-28-16-7-5-15(27-2)6-8-16)22-19(24)11-23(29(3,25)26)18-9-4-14(20)10-17(18)21/h4-10,13H,11-12H2,1-3H3,(H,22,24). The fourth-order valence-electron chi connectivity index (χ4n) is 2.45. The van der Waals surface area contributed by atoms with E-state index in [1.165, 1.54) is 0 Å². The van der Waals surface area contributed by atoms with Crippen LogP contribution in [0.4, 0.5) is 14.5 Å². The molecule has 2 aromatic carbocycles. The second-order valence-corrected chi connectivity index (χ2v) is 8.23. The van der Waals surface area contributed by atoms with E-state index in [1.54, 1.807) is 38.3 Å². The summed E-state index contributed by atoms with van der Waals surface area (Å²) in [5, 5.41) is 2.58. The van der Waals surface area contributed by atoms with Gasteiger partial charge in [0.1, 0.15) is 36.3 Å². The van der Waals surface area contributed by atoms with Crippen LogP contribution in [0.25, 0.3) is 0 Å². The SMILES string of the molecule is COc1ccc(OCC(C)NC(=O)CN(c2ccc(F)cc2F)S(C)(=O)=O)cc1. The van der Waals surface area contributed by atoms with Crippen molar-refractivity contribution >= 4 is 21.6 Å². The van der Waals surface area contributed by atoms with Gasteiger partial charge in [-0.05, 0) is 43.3 Å². The molecule has 7 nitrogen and oxygen atoms in total. The maximum absolute atomic E-state index is 14.0. The highest BCUT2D eigenvalue weighted by atomic mass is 32.2. The third kappa shape index (κ3) is 6.60. The van der Waals surface area contributed by atoms with Crippen LogP contribution in [-0.2, 0) is 14.8 Å². The summed E-state index contributed by atoms with van der Waals surface area (Å²) in [6, 6.07) is 8.83. The van der Waals surface area contributed by atoms with E-state index in [-0.39, 0.29) is 6.61 Å². The first-order valence-electron chi connectivity index (χ1n) is 8.59. The summed E-state index contributed by atoms with van der Waals surface area (Å²) in [5.74, 6) is -1.36. The van der Waals surface area contributed by atoms with Gasteiger partial charge in [0.05, 0.1) is 25.1 Å². The lowest BCUT2D eigenvalue weighted by atomic mass is 10.3. The van der Waals surface area contributed by atoms with Gasteiger partial charge in [-0.15, -0.1) is 0 Å². The Morgan fingerprint density at radius 3 is 2.31 bits per heavy atom. The zero-order valence-electron chi connectivity index (χ0n) is 16.2. The maximum Gasteiger partial charge on any atom is 0.241 e. The molecule has 0 fully saturated rings. The first-order chi connectivity index (χ1) is 13.6. The van der Waals surface area contributed by atoms with E-state index in [1.807, 2.05) is 0 Å². The zero-order chi connectivity index (χ0) is 21.6. The summed E-state index contributed by atoms with van der Waals surface area (Å²) in [6.45, 7) is 1.14. The molecule has 1 unspecified atom stereocenters. The second kappa shape index (κ2) is 9.55. The van der Waals surface area contributed by atoms with Crippen LogP contribution in [0, 0.1) is 11.6 Å². The molecule has 0 heterocycles. The number of ether oxygens (including phenoxy) is 2. The molecule has 1 N–H and O–H groups in total. The molecule has 1 amide bonds. The van der Waals surface area contributed by atoms with Gasteiger partial charge in [-0.2, -0.15) is 0 Å². The number of nitrogens with one attached hydrogen (secondary N) is 1. The highest BCUT2D eigenvalue weighted by Gasteiger charge is 2.24. The Bertz CT molecular complexity index is 952. The first kappa shape index (κ1) is 22.4. The number of methoxy groups -OCH3 is 1. The molecule has 2 aromatic rings. The minimum Gasteiger partial charge on any atom is -0.497 e. The van der Waals surface area contributed by atoms with Crippen LogP contribution in [0.15, 0.2) is 42.5 Å². The van der Waals surface area contributed by atoms with Gasteiger partial charge >= 0.3 is 0 Å². The van der Waals surface area contributed by atoms with Crippen molar-refractivity contribution in [2.24, 2.45) is 0 Å². The maximum atomic E-state index is 14.0. The molecule has 10 heteroatoms. The predicted molar refractivity (Wildman–Crippen MR) is 105 cm³/mol. The van der Waals surface area contributed by atoms with Crippen molar-refractivity contribution in [1.82, 2.24) is 5.32 Å². The third-order valence-corrected chi connectivity index (χ3v) is 4.96. The molecular formula is C19H22F2N2O5S. The smallest absolute Gasteiger partial charge is 0.241 e. The lowest BCUT2D eigenvalue weighted by Crippen LogP contribution is -2.45. The summed E-state index contributed by atoms with van der Waals surface area (Å²) in [7, 11) is -2.43. The molecule has 0 aliphatic heterocycles. The van der Waals surface area contributed by atoms with E-state index < -0.39 is 45.8 Å². The largest absolute Gasteiger partial charge is 0.497 e. The van der Waals surface area contributed by atoms with Gasteiger partial charge in [-0.1, -0.05) is 0 Å². The number of nitrogens with zero attached hydrogens (tertiary/aromatic N) is 1. The summed E-state index contributed by atoms with van der Waals surface area (Å²) >= 11 is 0. The van der Waals surface area contributed by atoms with Gasteiger partial charge in [-0.25, -0.2) is 17.2 Å². The lowest BCUT2D eigenvalue weighted by Gasteiger charge is -2.23. The highest BCUT2D eigenvalue weighted by molar-refractivity contribution is 7.92. The Morgan fingerprint density at radius 1 is 1.14 bits per heavy atom. The monoisotopic (exact) mass is 428 g/mol. The van der Waals surface area contributed by atoms with Crippen molar-refractivity contribution in [3.8, 4) is 11.5 Å². The molecule has 29 heavy (non-hydrogen) atoms. The van der Waals surface area contributed by atoms with E-state index in [4.69, 9.17) is 9.47 Å². The molecule has 0 bridgehead atoms. The summed E-state index contributed by atoms with van der Waals surface area (Å²) in [4.78, 5) is 12.3. The van der Waals surface area contributed by atoms with E-state index in [2.05, 4.69) is 5.32 Å². The van der Waals surface area contributed by atoms with Crippen LogP contribution in [0.5, 0.6) is 11.5 Å². The van der Waals surface area contributed by atoms with Gasteiger partial charge in [0.2, 0.25) is 15.9 Å². The summed E-state index contributed by atoms with van der Waals surface area (Å²) < 4.78 is 62.3. The normalized spacial score (nSPS) is 12.2. The van der Waals surface area contributed by atoms with E-state index in [9.17, 15) is 22.0 Å². The molecule has 0 saturated carbocycles. The number of hydrogen-bond donors (Lipinski definition) is 1. The molecule has 0 aromatic heterocycles. The number of carbonyl (C=O) groups is 1. The molecule has 0 saturated heterocycles. The number of sulfonamides is 1. The quantitative estimate of drug-likeness (QED) is 0.663. The van der Waals surface area contributed by atoms with Crippen LogP contribution in [-0.4, -0.2) is 46.9 Å². The lowest BCUT2D eigenvalue weighted by molar-refractivity contribution is -0.120. The minimum absolute atomic E-state index is 0.127. The molecule has 1 atom stereocenters. The van der Waals surface area contributed by atoms with Crippen molar-refractivity contribution in [2.75, 3.05) is 30.8 Å². The van der Waals surface area contributed by atoms with Crippen LogP contribution in [0.1, 0.15) is 6.92 Å². The van der Waals surface area contributed by atoms with Crippen LogP contribution in [0.3, 0.4) is 0 Å².